The predicted octanol–water partition coefficient (Wildman–Crippen LogP) is 4.35. The van der Waals surface area contributed by atoms with E-state index in [9.17, 15) is 9.59 Å². The minimum absolute atomic E-state index is 0.0921. The van der Waals surface area contributed by atoms with Crippen molar-refractivity contribution in [2.75, 3.05) is 18.4 Å². The molecule has 172 valence electrons. The summed E-state index contributed by atoms with van der Waals surface area (Å²) in [5.74, 6) is -0.272. The summed E-state index contributed by atoms with van der Waals surface area (Å²) in [6.07, 6.45) is 4.97. The molecule has 0 spiro atoms. The van der Waals surface area contributed by atoms with Gasteiger partial charge in [0.05, 0.1) is 12.2 Å². The number of aromatic nitrogens is 3. The van der Waals surface area contributed by atoms with Crippen molar-refractivity contribution < 1.29 is 14.3 Å². The molecule has 0 atom stereocenters. The molecule has 0 unspecified atom stereocenters. The number of piperidine rings is 1. The normalized spacial score (nSPS) is 16.3. The van der Waals surface area contributed by atoms with Crippen LogP contribution in [0.2, 0.25) is 0 Å². The number of anilines is 1. The van der Waals surface area contributed by atoms with Gasteiger partial charge in [-0.15, -0.1) is 5.10 Å². The number of rotatable bonds is 3. The van der Waals surface area contributed by atoms with Gasteiger partial charge in [-0.1, -0.05) is 29.5 Å². The van der Waals surface area contributed by atoms with Crippen molar-refractivity contribution in [2.24, 2.45) is 0 Å². The van der Waals surface area contributed by atoms with Crippen LogP contribution in [-0.4, -0.2) is 50.6 Å². The highest BCUT2D eigenvalue weighted by Gasteiger charge is 2.28. The Bertz CT molecular complexity index is 1210. The van der Waals surface area contributed by atoms with Crippen LogP contribution >= 0.6 is 0 Å². The lowest BCUT2D eigenvalue weighted by molar-refractivity contribution is 0.0184. The van der Waals surface area contributed by atoms with Crippen molar-refractivity contribution in [1.82, 2.24) is 19.9 Å². The van der Waals surface area contributed by atoms with Gasteiger partial charge in [-0.3, -0.25) is 4.79 Å². The second-order valence-electron chi connectivity index (χ2n) is 9.85. The van der Waals surface area contributed by atoms with Gasteiger partial charge in [-0.2, -0.15) is 0 Å². The maximum atomic E-state index is 12.9. The molecule has 0 saturated carbocycles. The van der Waals surface area contributed by atoms with E-state index in [1.54, 1.807) is 15.8 Å². The number of carbonyl (C=O) groups excluding carboxylic acids is 2. The molecule has 1 N–H and O–H groups in total. The Labute approximate surface area is 192 Å². The lowest BCUT2D eigenvalue weighted by Gasteiger charge is -2.33. The van der Waals surface area contributed by atoms with Crippen molar-refractivity contribution in [2.45, 2.75) is 58.1 Å². The fourth-order valence-electron chi connectivity index (χ4n) is 4.74. The third-order valence-corrected chi connectivity index (χ3v) is 6.36. The lowest BCUT2D eigenvalue weighted by Crippen LogP contribution is -2.42. The first-order chi connectivity index (χ1) is 15.8. The zero-order valence-corrected chi connectivity index (χ0v) is 19.3. The summed E-state index contributed by atoms with van der Waals surface area (Å²) in [7, 11) is 0. The maximum Gasteiger partial charge on any atom is 0.410 e. The minimum Gasteiger partial charge on any atom is -0.444 e. The van der Waals surface area contributed by atoms with Crippen molar-refractivity contribution in [3.8, 4) is 0 Å². The van der Waals surface area contributed by atoms with Crippen molar-refractivity contribution in [1.29, 1.82) is 0 Å². The quantitative estimate of drug-likeness (QED) is 0.645. The Hall–Kier alpha value is -3.42. The Morgan fingerprint density at radius 2 is 1.79 bits per heavy atom. The average molecular weight is 448 g/mol. The molecule has 2 amide bonds. The second-order valence-corrected chi connectivity index (χ2v) is 9.85. The fraction of sp³-hybridized carbons (Fsp3) is 0.440. The largest absolute Gasteiger partial charge is 0.444 e. The van der Waals surface area contributed by atoms with Gasteiger partial charge in [0.25, 0.3) is 5.91 Å². The molecular formula is C25H29N5O3. The molecule has 3 aromatic rings. The van der Waals surface area contributed by atoms with Crippen LogP contribution in [0.15, 0.2) is 36.5 Å². The van der Waals surface area contributed by atoms with E-state index in [0.29, 0.717) is 13.1 Å². The number of benzene rings is 2. The van der Waals surface area contributed by atoms with E-state index in [0.717, 1.165) is 36.8 Å². The van der Waals surface area contributed by atoms with Gasteiger partial charge in [-0.25, -0.2) is 9.48 Å². The number of hydrogen-bond acceptors (Lipinski definition) is 5. The maximum absolute atomic E-state index is 12.9. The third kappa shape index (κ3) is 4.29. The van der Waals surface area contributed by atoms with Gasteiger partial charge in [0.2, 0.25) is 0 Å². The summed E-state index contributed by atoms with van der Waals surface area (Å²) in [4.78, 5) is 26.9. The third-order valence-electron chi connectivity index (χ3n) is 6.36. The molecule has 1 saturated heterocycles. The highest BCUT2D eigenvalue weighted by Crippen LogP contribution is 2.35. The van der Waals surface area contributed by atoms with E-state index in [2.05, 4.69) is 33.8 Å². The highest BCUT2D eigenvalue weighted by molar-refractivity contribution is 6.09. The van der Waals surface area contributed by atoms with Gasteiger partial charge < -0.3 is 15.0 Å². The van der Waals surface area contributed by atoms with Crippen LogP contribution in [0, 0.1) is 0 Å². The number of amides is 2. The fourth-order valence-corrected chi connectivity index (χ4v) is 4.74. The molecule has 0 bridgehead atoms. The molecule has 1 aromatic heterocycles. The smallest absolute Gasteiger partial charge is 0.410 e. The van der Waals surface area contributed by atoms with Crippen LogP contribution in [0.3, 0.4) is 0 Å². The molecule has 5 rings (SSSR count). The average Bonchev–Trinajstić information content (AvgIpc) is 3.43. The number of hydrogen-bond donors (Lipinski definition) is 1. The van der Waals surface area contributed by atoms with Crippen molar-refractivity contribution in [3.63, 3.8) is 0 Å². The summed E-state index contributed by atoms with van der Waals surface area (Å²) < 4.78 is 7.20. The van der Waals surface area contributed by atoms with Crippen LogP contribution in [0.5, 0.6) is 0 Å². The Balaban J connectivity index is 1.24. The molecule has 8 nitrogen and oxygen atoms in total. The Kier molecular flexibility index (Phi) is 5.31. The molecule has 1 aliphatic carbocycles. The van der Waals surface area contributed by atoms with E-state index in [1.165, 1.54) is 16.5 Å². The summed E-state index contributed by atoms with van der Waals surface area (Å²) in [5, 5.41) is 13.7. The SMILES string of the molecule is CC(C)(C)OC(=O)N1CCC(n2cc(C(=O)Nc3ccc4c5c(cccc35)CC4)nn2)CC1. The van der Waals surface area contributed by atoms with E-state index < -0.39 is 5.60 Å². The van der Waals surface area contributed by atoms with Crippen LogP contribution < -0.4 is 5.32 Å². The molecule has 2 aromatic carbocycles. The standard InChI is InChI=1S/C25H29N5O3/c1-25(2,3)33-24(32)29-13-11-18(12-14-29)30-15-21(27-28-30)23(31)26-20-10-9-17-8-7-16-5-4-6-19(20)22(16)17/h4-6,9-10,15,18H,7-8,11-14H2,1-3H3,(H,26,31). The lowest BCUT2D eigenvalue weighted by atomic mass is 10.0. The number of likely N-dealkylation sites (tertiary alicyclic amines) is 1. The minimum atomic E-state index is -0.507. The summed E-state index contributed by atoms with van der Waals surface area (Å²) in [6.45, 7) is 6.76. The van der Waals surface area contributed by atoms with Crippen LogP contribution in [0.25, 0.3) is 10.8 Å². The number of carbonyl (C=O) groups is 2. The molecule has 2 aliphatic rings. The molecule has 1 fully saturated rings. The van der Waals surface area contributed by atoms with Crippen LogP contribution in [0.1, 0.15) is 61.3 Å². The van der Waals surface area contributed by atoms with Crippen molar-refractivity contribution in [3.05, 3.63) is 53.3 Å². The topological polar surface area (TPSA) is 89.4 Å². The Morgan fingerprint density at radius 1 is 1.06 bits per heavy atom. The molecule has 1 aliphatic heterocycles. The monoisotopic (exact) mass is 447 g/mol. The zero-order valence-electron chi connectivity index (χ0n) is 19.3. The zero-order chi connectivity index (χ0) is 23.2. The van der Waals surface area contributed by atoms with E-state index >= 15 is 0 Å². The summed E-state index contributed by atoms with van der Waals surface area (Å²) >= 11 is 0. The first kappa shape index (κ1) is 21.4. The number of nitrogens with zero attached hydrogens (tertiary/aromatic N) is 4. The van der Waals surface area contributed by atoms with Crippen LogP contribution in [-0.2, 0) is 17.6 Å². The van der Waals surface area contributed by atoms with Gasteiger partial charge in [-0.05, 0) is 69.0 Å². The molecule has 33 heavy (non-hydrogen) atoms. The molecule has 0 radical (unpaired) electrons. The molecule has 2 heterocycles. The molecular weight excluding hydrogens is 418 g/mol. The Morgan fingerprint density at radius 3 is 2.52 bits per heavy atom. The van der Waals surface area contributed by atoms with Gasteiger partial charge in [0.1, 0.15) is 5.60 Å². The second kappa shape index (κ2) is 8.17. The highest BCUT2D eigenvalue weighted by atomic mass is 16.6. The molecule has 8 heteroatoms. The van der Waals surface area contributed by atoms with Crippen molar-refractivity contribution >= 4 is 28.5 Å². The van der Waals surface area contributed by atoms with E-state index in [1.807, 2.05) is 32.9 Å². The predicted molar refractivity (Wildman–Crippen MR) is 125 cm³/mol. The first-order valence-electron chi connectivity index (χ1n) is 11.5. The van der Waals surface area contributed by atoms with E-state index in [4.69, 9.17) is 4.74 Å². The summed E-state index contributed by atoms with van der Waals surface area (Å²) in [6, 6.07) is 10.4. The first-order valence-corrected chi connectivity index (χ1v) is 11.5. The van der Waals surface area contributed by atoms with E-state index in [-0.39, 0.29) is 23.7 Å². The van der Waals surface area contributed by atoms with Gasteiger partial charge >= 0.3 is 6.09 Å². The van der Waals surface area contributed by atoms with Crippen LogP contribution in [0.4, 0.5) is 10.5 Å². The van der Waals surface area contributed by atoms with Gasteiger partial charge in [0.15, 0.2) is 5.69 Å². The van der Waals surface area contributed by atoms with Gasteiger partial charge in [0, 0.05) is 24.2 Å². The number of nitrogens with one attached hydrogen (secondary N) is 1. The number of aryl methyl sites for hydroxylation is 2. The summed E-state index contributed by atoms with van der Waals surface area (Å²) in [5.41, 5.74) is 3.24. The number of ether oxygens (including phenoxy) is 1.